The van der Waals surface area contributed by atoms with Gasteiger partial charge in [-0.2, -0.15) is 0 Å². The van der Waals surface area contributed by atoms with Crippen LogP contribution >= 0.6 is 0 Å². The number of imidazole rings is 1. The molecule has 2 heterocycles. The van der Waals surface area contributed by atoms with Crippen LogP contribution in [0.3, 0.4) is 0 Å². The van der Waals surface area contributed by atoms with Crippen molar-refractivity contribution < 1.29 is 14.8 Å². The Bertz CT molecular complexity index is 1110. The van der Waals surface area contributed by atoms with Crippen LogP contribution in [0.2, 0.25) is 0 Å². The number of carboxylic acid groups (broad SMARTS) is 1. The van der Waals surface area contributed by atoms with Crippen LogP contribution in [0.25, 0.3) is 16.7 Å². The molecule has 1 aromatic carbocycles. The first-order chi connectivity index (χ1) is 11.8. The van der Waals surface area contributed by atoms with Gasteiger partial charge in [0.05, 0.1) is 22.3 Å². The molecule has 2 N–H and O–H groups in total. The summed E-state index contributed by atoms with van der Waals surface area (Å²) in [6.07, 6.45) is 4.19. The topological polar surface area (TPSA) is 153 Å². The third-order valence-electron chi connectivity index (χ3n) is 3.74. The van der Waals surface area contributed by atoms with Crippen molar-refractivity contribution in [3.63, 3.8) is 0 Å². The van der Waals surface area contributed by atoms with Gasteiger partial charge in [-0.1, -0.05) is 0 Å². The van der Waals surface area contributed by atoms with E-state index in [1.54, 1.807) is 0 Å². The number of aromatic amines is 1. The Morgan fingerprint density at radius 1 is 1.40 bits per heavy atom. The van der Waals surface area contributed by atoms with E-state index in [2.05, 4.69) is 9.97 Å². The van der Waals surface area contributed by atoms with Crippen molar-refractivity contribution >= 4 is 22.7 Å². The molecule has 1 unspecified atom stereocenters. The van der Waals surface area contributed by atoms with Crippen LogP contribution in [0.5, 0.6) is 0 Å². The van der Waals surface area contributed by atoms with Gasteiger partial charge in [0.15, 0.2) is 0 Å². The molecule has 0 aliphatic carbocycles. The van der Waals surface area contributed by atoms with Gasteiger partial charge < -0.3 is 14.7 Å². The number of nitro benzene ring substituents is 1. The summed E-state index contributed by atoms with van der Waals surface area (Å²) in [6, 6.07) is 1.01. The van der Waals surface area contributed by atoms with Gasteiger partial charge in [-0.15, -0.1) is 0 Å². The molecule has 2 aromatic heterocycles. The number of aliphatic carboxylic acids is 1. The number of H-pyrrole nitrogens is 1. The lowest BCUT2D eigenvalue weighted by Gasteiger charge is -2.15. The summed E-state index contributed by atoms with van der Waals surface area (Å²) in [5.41, 5.74) is -2.36. The average molecular weight is 345 g/mol. The molecule has 0 radical (unpaired) electrons. The second kappa shape index (κ2) is 5.70. The van der Waals surface area contributed by atoms with E-state index in [0.29, 0.717) is 0 Å². The van der Waals surface area contributed by atoms with E-state index in [-0.39, 0.29) is 22.4 Å². The number of hydrogen-bond donors (Lipinski definition) is 2. The number of carboxylic acids is 1. The van der Waals surface area contributed by atoms with Gasteiger partial charge in [0.1, 0.15) is 11.7 Å². The predicted octanol–water partition coefficient (Wildman–Crippen LogP) is 0.429. The van der Waals surface area contributed by atoms with Crippen LogP contribution in [-0.4, -0.2) is 35.1 Å². The monoisotopic (exact) mass is 345 g/mol. The van der Waals surface area contributed by atoms with Gasteiger partial charge in [-0.05, 0) is 13.0 Å². The van der Waals surface area contributed by atoms with Crippen molar-refractivity contribution in [1.29, 1.82) is 0 Å². The fourth-order valence-corrected chi connectivity index (χ4v) is 2.51. The van der Waals surface area contributed by atoms with Gasteiger partial charge in [-0.25, -0.2) is 9.78 Å². The fourth-order valence-electron chi connectivity index (χ4n) is 2.51. The lowest BCUT2D eigenvalue weighted by atomic mass is 10.2. The van der Waals surface area contributed by atoms with E-state index in [1.807, 2.05) is 0 Å². The van der Waals surface area contributed by atoms with Crippen LogP contribution in [-0.2, 0) is 4.79 Å². The molecule has 0 fully saturated rings. The fraction of sp³-hybridized carbons (Fsp3) is 0.143. The highest BCUT2D eigenvalue weighted by Crippen LogP contribution is 2.28. The van der Waals surface area contributed by atoms with E-state index in [4.69, 9.17) is 0 Å². The van der Waals surface area contributed by atoms with Crippen LogP contribution in [0.4, 0.5) is 5.69 Å². The van der Waals surface area contributed by atoms with Crippen LogP contribution in [0, 0.1) is 10.1 Å². The molecule has 1 atom stereocenters. The average Bonchev–Trinajstić information content (AvgIpc) is 3.08. The van der Waals surface area contributed by atoms with E-state index in [0.717, 1.165) is 10.6 Å². The molecule has 128 valence electrons. The second-order valence-electron chi connectivity index (χ2n) is 5.23. The third kappa shape index (κ3) is 2.56. The standard InChI is InChI=1S/C14H11N5O6/c1-7(14(22)23)18-9-5-10(17-3-2-15-6-17)11(19(24)25)4-8(9)16-12(20)13(18)21/h2-7H,1H3,(H,16,20)(H,22,23). The van der Waals surface area contributed by atoms with Gasteiger partial charge in [0.25, 0.3) is 5.69 Å². The normalized spacial score (nSPS) is 12.2. The van der Waals surface area contributed by atoms with Crippen molar-refractivity contribution in [3.8, 4) is 5.69 Å². The highest BCUT2D eigenvalue weighted by atomic mass is 16.6. The molecule has 0 aliphatic rings. The second-order valence-corrected chi connectivity index (χ2v) is 5.23. The maximum Gasteiger partial charge on any atom is 0.326 e. The minimum atomic E-state index is -1.34. The summed E-state index contributed by atoms with van der Waals surface area (Å²) in [7, 11) is 0. The Balaban J connectivity index is 2.48. The van der Waals surface area contributed by atoms with Gasteiger partial charge in [0, 0.05) is 18.5 Å². The Kier molecular flexibility index (Phi) is 3.68. The van der Waals surface area contributed by atoms with Crippen molar-refractivity contribution in [2.75, 3.05) is 0 Å². The number of rotatable bonds is 4. The molecule has 0 aliphatic heterocycles. The first-order valence-electron chi connectivity index (χ1n) is 6.99. The lowest BCUT2D eigenvalue weighted by molar-refractivity contribution is -0.384. The third-order valence-corrected chi connectivity index (χ3v) is 3.74. The van der Waals surface area contributed by atoms with E-state index < -0.39 is 28.1 Å². The Morgan fingerprint density at radius 3 is 2.68 bits per heavy atom. The molecular formula is C14H11N5O6. The van der Waals surface area contributed by atoms with Crippen LogP contribution < -0.4 is 11.1 Å². The summed E-state index contributed by atoms with van der Waals surface area (Å²) in [5, 5.41) is 20.6. The zero-order chi connectivity index (χ0) is 18.3. The summed E-state index contributed by atoms with van der Waals surface area (Å²) in [4.78, 5) is 52.0. The van der Waals surface area contributed by atoms with Gasteiger partial charge in [0.2, 0.25) is 0 Å². The zero-order valence-corrected chi connectivity index (χ0v) is 12.7. The van der Waals surface area contributed by atoms with E-state index >= 15 is 0 Å². The Morgan fingerprint density at radius 2 is 2.12 bits per heavy atom. The number of carbonyl (C=O) groups is 1. The maximum atomic E-state index is 12.1. The number of hydrogen-bond acceptors (Lipinski definition) is 6. The molecule has 0 saturated carbocycles. The highest BCUT2D eigenvalue weighted by Gasteiger charge is 2.23. The summed E-state index contributed by atoms with van der Waals surface area (Å²) in [6.45, 7) is 1.24. The minimum absolute atomic E-state index is 0.0201. The molecule has 3 rings (SSSR count). The molecule has 3 aromatic rings. The van der Waals surface area contributed by atoms with Crippen molar-refractivity contribution in [3.05, 3.63) is 61.7 Å². The first-order valence-corrected chi connectivity index (χ1v) is 6.99. The van der Waals surface area contributed by atoms with Crippen molar-refractivity contribution in [2.45, 2.75) is 13.0 Å². The van der Waals surface area contributed by atoms with Gasteiger partial charge in [-0.3, -0.25) is 24.3 Å². The quantitative estimate of drug-likeness (QED) is 0.395. The van der Waals surface area contributed by atoms with Gasteiger partial charge >= 0.3 is 17.1 Å². The SMILES string of the molecule is CC(C(=O)O)n1c(=O)c(=O)[nH]c2cc([N+](=O)[O-])c(-n3ccnc3)cc21. The Hall–Kier alpha value is -3.76. The van der Waals surface area contributed by atoms with Crippen LogP contribution in [0.1, 0.15) is 13.0 Å². The molecule has 0 amide bonds. The Labute approximate surface area is 137 Å². The number of nitrogens with zero attached hydrogens (tertiary/aromatic N) is 4. The number of fused-ring (bicyclic) bond motifs is 1. The number of aromatic nitrogens is 4. The predicted molar refractivity (Wildman–Crippen MR) is 85.0 cm³/mol. The number of benzene rings is 1. The minimum Gasteiger partial charge on any atom is -0.480 e. The molecule has 25 heavy (non-hydrogen) atoms. The molecular weight excluding hydrogens is 334 g/mol. The maximum absolute atomic E-state index is 12.1. The van der Waals surface area contributed by atoms with E-state index in [9.17, 15) is 29.6 Å². The zero-order valence-electron chi connectivity index (χ0n) is 12.7. The summed E-state index contributed by atoms with van der Waals surface area (Å²) >= 11 is 0. The number of nitro groups is 1. The lowest BCUT2D eigenvalue weighted by Crippen LogP contribution is -2.39. The molecule has 0 bridgehead atoms. The smallest absolute Gasteiger partial charge is 0.326 e. The van der Waals surface area contributed by atoms with Crippen LogP contribution in [0.15, 0.2) is 40.4 Å². The first kappa shape index (κ1) is 16.1. The molecule has 11 heteroatoms. The summed E-state index contributed by atoms with van der Waals surface area (Å²) < 4.78 is 2.14. The van der Waals surface area contributed by atoms with E-state index in [1.165, 1.54) is 36.3 Å². The summed E-state index contributed by atoms with van der Waals surface area (Å²) in [5.74, 6) is -1.32. The molecule has 11 nitrogen and oxygen atoms in total. The molecule has 0 spiro atoms. The largest absolute Gasteiger partial charge is 0.480 e. The number of nitrogens with one attached hydrogen (secondary N) is 1. The van der Waals surface area contributed by atoms with Crippen molar-refractivity contribution in [2.24, 2.45) is 0 Å². The highest BCUT2D eigenvalue weighted by molar-refractivity contribution is 5.84. The van der Waals surface area contributed by atoms with Crippen molar-refractivity contribution in [1.82, 2.24) is 19.1 Å². The molecule has 0 saturated heterocycles.